The number of nitrogens with one attached hydrogen (secondary N) is 2. The van der Waals surface area contributed by atoms with Crippen molar-refractivity contribution in [1.82, 2.24) is 9.38 Å². The Labute approximate surface area is 137 Å². The van der Waals surface area contributed by atoms with Crippen molar-refractivity contribution in [3.05, 3.63) is 70.8 Å². The molecule has 2 N–H and O–H groups in total. The molecular weight excluding hydrogens is 308 g/mol. The molecule has 7 nitrogen and oxygen atoms in total. The van der Waals surface area contributed by atoms with Crippen molar-refractivity contribution in [1.29, 1.82) is 0 Å². The molecule has 0 atom stereocenters. The molecular formula is C17H14N4O3. The molecule has 1 aromatic carbocycles. The topological polar surface area (TPSA) is 92.6 Å². The highest BCUT2D eigenvalue weighted by molar-refractivity contribution is 6.04. The van der Waals surface area contributed by atoms with E-state index in [4.69, 9.17) is 0 Å². The number of nitrogens with zero attached hydrogens (tertiary/aromatic N) is 2. The minimum atomic E-state index is -0.543. The number of amides is 2. The monoisotopic (exact) mass is 322 g/mol. The first-order valence-electron chi connectivity index (χ1n) is 7.20. The molecule has 0 radical (unpaired) electrons. The quantitative estimate of drug-likeness (QED) is 0.770. The molecule has 2 amide bonds. The first-order valence-corrected chi connectivity index (χ1v) is 7.20. The molecule has 0 fully saturated rings. The van der Waals surface area contributed by atoms with Crippen molar-refractivity contribution in [3.63, 3.8) is 0 Å². The van der Waals surface area contributed by atoms with Crippen LogP contribution in [0.25, 0.3) is 5.65 Å². The third kappa shape index (κ3) is 3.14. The fraction of sp³-hybridized carbons (Fsp3) is 0.0588. The SMILES string of the molecule is CC(=O)Nc1ccc(NC(=O)c2cnc3ccccn3c2=O)cc1. The molecule has 0 aliphatic rings. The number of carbonyl (C=O) groups excluding carboxylic acids is 2. The van der Waals surface area contributed by atoms with E-state index in [9.17, 15) is 14.4 Å². The molecule has 0 spiro atoms. The molecule has 0 bridgehead atoms. The van der Waals surface area contributed by atoms with E-state index in [1.54, 1.807) is 48.7 Å². The highest BCUT2D eigenvalue weighted by Gasteiger charge is 2.13. The first kappa shape index (κ1) is 15.4. The normalized spacial score (nSPS) is 10.4. The van der Waals surface area contributed by atoms with Crippen LogP contribution in [-0.4, -0.2) is 21.2 Å². The lowest BCUT2D eigenvalue weighted by molar-refractivity contribution is -0.114. The smallest absolute Gasteiger partial charge is 0.270 e. The van der Waals surface area contributed by atoms with Crippen molar-refractivity contribution < 1.29 is 9.59 Å². The Hall–Kier alpha value is -3.48. The molecule has 0 saturated heterocycles. The van der Waals surface area contributed by atoms with Crippen LogP contribution < -0.4 is 16.2 Å². The van der Waals surface area contributed by atoms with Crippen molar-refractivity contribution >= 4 is 28.8 Å². The minimum Gasteiger partial charge on any atom is -0.326 e. The number of carbonyl (C=O) groups is 2. The molecule has 0 unspecified atom stereocenters. The standard InChI is InChI=1S/C17H14N4O3/c1-11(22)19-12-5-7-13(8-6-12)20-16(23)14-10-18-15-4-2-3-9-21(15)17(14)24/h2-10H,1H3,(H,19,22)(H,20,23). The summed E-state index contributed by atoms with van der Waals surface area (Å²) in [6, 6.07) is 11.7. The van der Waals surface area contributed by atoms with E-state index >= 15 is 0 Å². The highest BCUT2D eigenvalue weighted by atomic mass is 16.2. The second-order valence-electron chi connectivity index (χ2n) is 5.12. The minimum absolute atomic E-state index is 0.0513. The van der Waals surface area contributed by atoms with Crippen LogP contribution in [0.15, 0.2) is 59.7 Å². The average molecular weight is 322 g/mol. The number of aromatic nitrogens is 2. The lowest BCUT2D eigenvalue weighted by Crippen LogP contribution is -2.26. The highest BCUT2D eigenvalue weighted by Crippen LogP contribution is 2.14. The summed E-state index contributed by atoms with van der Waals surface area (Å²) in [6.45, 7) is 1.41. The van der Waals surface area contributed by atoms with Gasteiger partial charge in [0.05, 0.1) is 0 Å². The maximum atomic E-state index is 12.4. The molecule has 3 aromatic rings. The van der Waals surface area contributed by atoms with Gasteiger partial charge in [0.1, 0.15) is 11.2 Å². The van der Waals surface area contributed by atoms with Gasteiger partial charge in [0.2, 0.25) is 5.91 Å². The molecule has 2 heterocycles. The van der Waals surface area contributed by atoms with E-state index < -0.39 is 11.5 Å². The van der Waals surface area contributed by atoms with E-state index in [0.717, 1.165) is 0 Å². The van der Waals surface area contributed by atoms with Gasteiger partial charge in [0.15, 0.2) is 0 Å². The summed E-state index contributed by atoms with van der Waals surface area (Å²) in [5.41, 5.74) is 1.11. The number of pyridine rings is 1. The summed E-state index contributed by atoms with van der Waals surface area (Å²) in [5, 5.41) is 5.27. The average Bonchev–Trinajstić information content (AvgIpc) is 2.56. The fourth-order valence-electron chi connectivity index (χ4n) is 2.22. The molecule has 24 heavy (non-hydrogen) atoms. The predicted molar refractivity (Wildman–Crippen MR) is 90.2 cm³/mol. The third-order valence-electron chi connectivity index (χ3n) is 3.32. The van der Waals surface area contributed by atoms with Gasteiger partial charge in [-0.3, -0.25) is 18.8 Å². The fourth-order valence-corrected chi connectivity index (χ4v) is 2.22. The van der Waals surface area contributed by atoms with Gasteiger partial charge in [-0.2, -0.15) is 0 Å². The molecule has 2 aromatic heterocycles. The van der Waals surface area contributed by atoms with Crippen LogP contribution in [0.5, 0.6) is 0 Å². The van der Waals surface area contributed by atoms with Gasteiger partial charge in [-0.15, -0.1) is 0 Å². The summed E-state index contributed by atoms with van der Waals surface area (Å²) in [6.07, 6.45) is 2.82. The van der Waals surface area contributed by atoms with Gasteiger partial charge in [-0.1, -0.05) is 6.07 Å². The van der Waals surface area contributed by atoms with Crippen molar-refractivity contribution in [2.75, 3.05) is 10.6 Å². The summed E-state index contributed by atoms with van der Waals surface area (Å²) < 4.78 is 1.31. The molecule has 0 aliphatic carbocycles. The zero-order valence-electron chi connectivity index (χ0n) is 12.8. The Morgan fingerprint density at radius 1 is 1.00 bits per heavy atom. The predicted octanol–water partition coefficient (Wildman–Crippen LogP) is 1.91. The zero-order valence-corrected chi connectivity index (χ0v) is 12.8. The Balaban J connectivity index is 1.84. The van der Waals surface area contributed by atoms with Gasteiger partial charge < -0.3 is 10.6 Å². The van der Waals surface area contributed by atoms with E-state index in [-0.39, 0.29) is 11.5 Å². The van der Waals surface area contributed by atoms with Crippen molar-refractivity contribution in [2.45, 2.75) is 6.92 Å². The van der Waals surface area contributed by atoms with Gasteiger partial charge in [-0.05, 0) is 36.4 Å². The second kappa shape index (κ2) is 6.33. The molecule has 0 aliphatic heterocycles. The van der Waals surface area contributed by atoms with Crippen LogP contribution in [0.2, 0.25) is 0 Å². The van der Waals surface area contributed by atoms with Crippen LogP contribution in [0.1, 0.15) is 17.3 Å². The lowest BCUT2D eigenvalue weighted by Gasteiger charge is -2.07. The second-order valence-corrected chi connectivity index (χ2v) is 5.12. The van der Waals surface area contributed by atoms with E-state index in [1.807, 2.05) is 0 Å². The van der Waals surface area contributed by atoms with Gasteiger partial charge in [0, 0.05) is 30.7 Å². The summed E-state index contributed by atoms with van der Waals surface area (Å²) in [5.74, 6) is -0.722. The van der Waals surface area contributed by atoms with Gasteiger partial charge in [-0.25, -0.2) is 4.98 Å². The van der Waals surface area contributed by atoms with E-state index in [1.165, 1.54) is 17.5 Å². The lowest BCUT2D eigenvalue weighted by atomic mass is 10.2. The van der Waals surface area contributed by atoms with Crippen LogP contribution in [-0.2, 0) is 4.79 Å². The Morgan fingerprint density at radius 2 is 1.67 bits per heavy atom. The van der Waals surface area contributed by atoms with Crippen LogP contribution in [0.3, 0.4) is 0 Å². The molecule has 120 valence electrons. The number of fused-ring (bicyclic) bond motifs is 1. The molecule has 3 rings (SSSR count). The van der Waals surface area contributed by atoms with Crippen LogP contribution >= 0.6 is 0 Å². The Kier molecular flexibility index (Phi) is 4.07. The molecule has 7 heteroatoms. The number of benzene rings is 1. The summed E-state index contributed by atoms with van der Waals surface area (Å²) >= 11 is 0. The third-order valence-corrected chi connectivity index (χ3v) is 3.32. The number of anilines is 2. The van der Waals surface area contributed by atoms with Gasteiger partial charge in [0.25, 0.3) is 11.5 Å². The largest absolute Gasteiger partial charge is 0.326 e. The number of hydrogen-bond acceptors (Lipinski definition) is 4. The van der Waals surface area contributed by atoms with Crippen molar-refractivity contribution in [3.8, 4) is 0 Å². The maximum absolute atomic E-state index is 12.4. The van der Waals surface area contributed by atoms with Gasteiger partial charge >= 0.3 is 0 Å². The number of rotatable bonds is 3. The van der Waals surface area contributed by atoms with Crippen LogP contribution in [0, 0.1) is 0 Å². The number of hydrogen-bond donors (Lipinski definition) is 2. The molecule has 0 saturated carbocycles. The van der Waals surface area contributed by atoms with Crippen molar-refractivity contribution in [2.24, 2.45) is 0 Å². The van der Waals surface area contributed by atoms with Crippen LogP contribution in [0.4, 0.5) is 11.4 Å². The first-order chi connectivity index (χ1) is 11.5. The summed E-state index contributed by atoms with van der Waals surface area (Å²) in [7, 11) is 0. The maximum Gasteiger partial charge on any atom is 0.270 e. The van der Waals surface area contributed by atoms with E-state index in [2.05, 4.69) is 15.6 Å². The zero-order chi connectivity index (χ0) is 17.1. The Bertz CT molecular complexity index is 977. The Morgan fingerprint density at radius 3 is 2.33 bits per heavy atom. The summed E-state index contributed by atoms with van der Waals surface area (Å²) in [4.78, 5) is 39.7. The van der Waals surface area contributed by atoms with E-state index in [0.29, 0.717) is 17.0 Å².